The maximum atomic E-state index is 12.5. The van der Waals surface area contributed by atoms with Crippen LogP contribution in [0.2, 0.25) is 5.02 Å². The molecule has 0 aliphatic carbocycles. The number of carbonyl (C=O) groups is 2. The third kappa shape index (κ3) is 6.52. The normalized spacial score (nSPS) is 12.0. The number of imidazole rings is 1. The largest absolute Gasteiger partial charge is 0.354 e. The molecule has 0 aliphatic rings. The Kier molecular flexibility index (Phi) is 7.66. The lowest BCUT2D eigenvalue weighted by Gasteiger charge is -2.20. The van der Waals surface area contributed by atoms with Crippen molar-refractivity contribution in [1.29, 1.82) is 0 Å². The predicted molar refractivity (Wildman–Crippen MR) is 102 cm³/mol. The monoisotopic (exact) mass is 376 g/mol. The van der Waals surface area contributed by atoms with Crippen LogP contribution >= 0.6 is 11.6 Å². The molecule has 2 aromatic rings. The van der Waals surface area contributed by atoms with Gasteiger partial charge in [-0.1, -0.05) is 25.4 Å². The van der Waals surface area contributed by atoms with Crippen molar-refractivity contribution < 1.29 is 9.59 Å². The number of amides is 2. The highest BCUT2D eigenvalue weighted by atomic mass is 35.5. The lowest BCUT2D eigenvalue weighted by atomic mass is 10.0. The number of halogens is 1. The van der Waals surface area contributed by atoms with Crippen molar-refractivity contribution in [1.82, 2.24) is 20.2 Å². The molecule has 1 unspecified atom stereocenters. The first kappa shape index (κ1) is 20.0. The van der Waals surface area contributed by atoms with E-state index in [1.807, 2.05) is 24.6 Å². The number of aryl methyl sites for hydroxylation is 1. The van der Waals surface area contributed by atoms with Gasteiger partial charge in [0.05, 0.1) is 6.33 Å². The first-order valence-corrected chi connectivity index (χ1v) is 9.13. The van der Waals surface area contributed by atoms with Crippen molar-refractivity contribution in [3.05, 3.63) is 53.6 Å². The summed E-state index contributed by atoms with van der Waals surface area (Å²) in [4.78, 5) is 28.9. The van der Waals surface area contributed by atoms with E-state index in [1.54, 1.807) is 36.8 Å². The van der Waals surface area contributed by atoms with Gasteiger partial charge in [0.15, 0.2) is 0 Å². The molecule has 1 heterocycles. The summed E-state index contributed by atoms with van der Waals surface area (Å²) in [5.74, 6) is -0.158. The lowest BCUT2D eigenvalue weighted by molar-refractivity contribution is -0.123. The Morgan fingerprint density at radius 3 is 2.58 bits per heavy atom. The molecule has 2 rings (SSSR count). The first-order chi connectivity index (χ1) is 12.5. The van der Waals surface area contributed by atoms with E-state index in [9.17, 15) is 9.59 Å². The standard InChI is InChI=1S/C19H25ClN4O2/c1-14(2)12-17(23-18(25)15-4-6-16(20)7-5-15)19(26)22-8-3-10-24-11-9-21-13-24/h4-7,9,11,13-14,17H,3,8,10,12H2,1-2H3,(H,22,26)(H,23,25). The molecule has 1 aromatic carbocycles. The Balaban J connectivity index is 1.87. The molecule has 0 aliphatic heterocycles. The van der Waals surface area contributed by atoms with Crippen LogP contribution in [-0.2, 0) is 11.3 Å². The van der Waals surface area contributed by atoms with Crippen LogP contribution in [0.3, 0.4) is 0 Å². The van der Waals surface area contributed by atoms with E-state index in [1.165, 1.54) is 0 Å². The number of nitrogens with zero attached hydrogens (tertiary/aromatic N) is 2. The molecule has 0 saturated heterocycles. The molecule has 7 heteroatoms. The molecule has 2 amide bonds. The fraction of sp³-hybridized carbons (Fsp3) is 0.421. The number of carbonyl (C=O) groups excluding carboxylic acids is 2. The molecule has 140 valence electrons. The summed E-state index contributed by atoms with van der Waals surface area (Å²) in [6, 6.07) is 6.04. The van der Waals surface area contributed by atoms with Gasteiger partial charge in [-0.05, 0) is 43.0 Å². The van der Waals surface area contributed by atoms with E-state index < -0.39 is 6.04 Å². The van der Waals surface area contributed by atoms with Gasteiger partial charge in [-0.3, -0.25) is 9.59 Å². The van der Waals surface area contributed by atoms with Gasteiger partial charge in [-0.2, -0.15) is 0 Å². The van der Waals surface area contributed by atoms with Gasteiger partial charge in [-0.15, -0.1) is 0 Å². The van der Waals surface area contributed by atoms with E-state index in [2.05, 4.69) is 15.6 Å². The van der Waals surface area contributed by atoms with Gasteiger partial charge in [0.25, 0.3) is 5.91 Å². The Hall–Kier alpha value is -2.34. The van der Waals surface area contributed by atoms with Crippen LogP contribution in [0.15, 0.2) is 43.0 Å². The zero-order chi connectivity index (χ0) is 18.9. The predicted octanol–water partition coefficient (Wildman–Crippen LogP) is 2.89. The minimum Gasteiger partial charge on any atom is -0.354 e. The highest BCUT2D eigenvalue weighted by molar-refractivity contribution is 6.30. The molecule has 0 spiro atoms. The van der Waals surface area contributed by atoms with Crippen LogP contribution in [0.5, 0.6) is 0 Å². The topological polar surface area (TPSA) is 76.0 Å². The van der Waals surface area contributed by atoms with Crippen LogP contribution in [0, 0.1) is 5.92 Å². The van der Waals surface area contributed by atoms with Crippen molar-refractivity contribution in [3.63, 3.8) is 0 Å². The fourth-order valence-electron chi connectivity index (χ4n) is 2.56. The Morgan fingerprint density at radius 2 is 1.96 bits per heavy atom. The van der Waals surface area contributed by atoms with E-state index in [-0.39, 0.29) is 17.7 Å². The Bertz CT molecular complexity index is 699. The fourth-order valence-corrected chi connectivity index (χ4v) is 2.69. The van der Waals surface area contributed by atoms with Crippen LogP contribution in [0.1, 0.15) is 37.0 Å². The summed E-state index contributed by atoms with van der Waals surface area (Å²) in [6.07, 6.45) is 6.73. The van der Waals surface area contributed by atoms with Crippen molar-refractivity contribution in [2.75, 3.05) is 6.54 Å². The summed E-state index contributed by atoms with van der Waals surface area (Å²) in [5.41, 5.74) is 0.482. The molecule has 0 radical (unpaired) electrons. The number of benzene rings is 1. The maximum Gasteiger partial charge on any atom is 0.251 e. The van der Waals surface area contributed by atoms with Gasteiger partial charge in [0.2, 0.25) is 5.91 Å². The van der Waals surface area contributed by atoms with Gasteiger partial charge in [-0.25, -0.2) is 4.98 Å². The molecular weight excluding hydrogens is 352 g/mol. The van der Waals surface area contributed by atoms with Gasteiger partial charge >= 0.3 is 0 Å². The van der Waals surface area contributed by atoms with Crippen LogP contribution in [0.4, 0.5) is 0 Å². The average Bonchev–Trinajstić information content (AvgIpc) is 3.11. The second-order valence-corrected chi connectivity index (χ2v) is 7.04. The van der Waals surface area contributed by atoms with Gasteiger partial charge in [0.1, 0.15) is 6.04 Å². The van der Waals surface area contributed by atoms with Crippen molar-refractivity contribution in [2.24, 2.45) is 5.92 Å². The second-order valence-electron chi connectivity index (χ2n) is 6.61. The van der Waals surface area contributed by atoms with Crippen molar-refractivity contribution in [3.8, 4) is 0 Å². The zero-order valence-corrected chi connectivity index (χ0v) is 15.9. The number of aromatic nitrogens is 2. The molecule has 1 aromatic heterocycles. The Labute approximate surface area is 159 Å². The minimum atomic E-state index is -0.563. The zero-order valence-electron chi connectivity index (χ0n) is 15.1. The quantitative estimate of drug-likeness (QED) is 0.661. The third-order valence-electron chi connectivity index (χ3n) is 3.89. The highest BCUT2D eigenvalue weighted by Crippen LogP contribution is 2.11. The Morgan fingerprint density at radius 1 is 1.23 bits per heavy atom. The second kappa shape index (κ2) is 9.97. The van der Waals surface area contributed by atoms with Gasteiger partial charge in [0, 0.05) is 36.1 Å². The first-order valence-electron chi connectivity index (χ1n) is 8.75. The number of hydrogen-bond acceptors (Lipinski definition) is 3. The molecular formula is C19H25ClN4O2. The SMILES string of the molecule is CC(C)CC(NC(=O)c1ccc(Cl)cc1)C(=O)NCCCn1ccnc1. The lowest BCUT2D eigenvalue weighted by Crippen LogP contribution is -2.47. The van der Waals surface area contributed by atoms with E-state index in [0.717, 1.165) is 13.0 Å². The smallest absolute Gasteiger partial charge is 0.251 e. The van der Waals surface area contributed by atoms with Crippen molar-refractivity contribution >= 4 is 23.4 Å². The van der Waals surface area contributed by atoms with E-state index >= 15 is 0 Å². The molecule has 6 nitrogen and oxygen atoms in total. The molecule has 1 atom stereocenters. The third-order valence-corrected chi connectivity index (χ3v) is 4.14. The summed E-state index contributed by atoms with van der Waals surface area (Å²) in [7, 11) is 0. The summed E-state index contributed by atoms with van der Waals surface area (Å²) < 4.78 is 1.96. The molecule has 0 fully saturated rings. The molecule has 26 heavy (non-hydrogen) atoms. The summed E-state index contributed by atoms with van der Waals surface area (Å²) in [6.45, 7) is 5.37. The number of hydrogen-bond donors (Lipinski definition) is 2. The number of nitrogens with one attached hydrogen (secondary N) is 2. The molecule has 0 saturated carbocycles. The highest BCUT2D eigenvalue weighted by Gasteiger charge is 2.22. The minimum absolute atomic E-state index is 0.161. The van der Waals surface area contributed by atoms with E-state index in [4.69, 9.17) is 11.6 Å². The maximum absolute atomic E-state index is 12.5. The van der Waals surface area contributed by atoms with Crippen LogP contribution in [0.25, 0.3) is 0 Å². The average molecular weight is 377 g/mol. The van der Waals surface area contributed by atoms with Crippen LogP contribution in [-0.4, -0.2) is 34.0 Å². The number of rotatable bonds is 9. The van der Waals surface area contributed by atoms with Crippen LogP contribution < -0.4 is 10.6 Å². The molecule has 2 N–H and O–H groups in total. The summed E-state index contributed by atoms with van der Waals surface area (Å²) >= 11 is 5.85. The molecule has 0 bridgehead atoms. The van der Waals surface area contributed by atoms with Crippen molar-refractivity contribution in [2.45, 2.75) is 39.3 Å². The van der Waals surface area contributed by atoms with E-state index in [0.29, 0.717) is 23.6 Å². The summed E-state index contributed by atoms with van der Waals surface area (Å²) in [5, 5.41) is 6.30. The van der Waals surface area contributed by atoms with Gasteiger partial charge < -0.3 is 15.2 Å².